The average molecular weight is 429 g/mol. The van der Waals surface area contributed by atoms with Crippen LogP contribution in [-0.2, 0) is 0 Å². The Balaban J connectivity index is 1.38. The predicted octanol–water partition coefficient (Wildman–Crippen LogP) is 4.33. The van der Waals surface area contributed by atoms with E-state index in [1.807, 2.05) is 17.0 Å². The van der Waals surface area contributed by atoms with Crippen LogP contribution < -0.4 is 0 Å². The van der Waals surface area contributed by atoms with Gasteiger partial charge in [0, 0.05) is 32.4 Å². The van der Waals surface area contributed by atoms with Crippen molar-refractivity contribution >= 4 is 11.6 Å². The molecule has 32 heavy (non-hydrogen) atoms. The number of piperazine rings is 1. The number of fused-ring (bicyclic) bond motifs is 1. The molecular weight excluding hydrogens is 403 g/mol. The highest BCUT2D eigenvalue weighted by Gasteiger charge is 2.30. The minimum absolute atomic E-state index is 0.101. The lowest BCUT2D eigenvalue weighted by Gasteiger charge is -2.39. The molecule has 2 aromatic carbocycles. The second kappa shape index (κ2) is 8.55. The van der Waals surface area contributed by atoms with E-state index in [4.69, 9.17) is 0 Å². The third kappa shape index (κ3) is 3.78. The number of hydrogen-bond donors (Lipinski definition) is 0. The zero-order valence-corrected chi connectivity index (χ0v) is 18.0. The lowest BCUT2D eigenvalue weighted by molar-refractivity contribution is 0.0590. The van der Waals surface area contributed by atoms with E-state index < -0.39 is 0 Å². The van der Waals surface area contributed by atoms with Gasteiger partial charge in [-0.05, 0) is 30.2 Å². The number of nitrogens with zero attached hydrogens (tertiary/aromatic N) is 4. The Morgan fingerprint density at radius 3 is 2.06 bits per heavy atom. The topological polar surface area (TPSA) is 40.9 Å². The van der Waals surface area contributed by atoms with Crippen molar-refractivity contribution in [3.63, 3.8) is 0 Å². The summed E-state index contributed by atoms with van der Waals surface area (Å²) in [5.74, 6) is -0.487. The van der Waals surface area contributed by atoms with Gasteiger partial charge < -0.3 is 4.90 Å². The van der Waals surface area contributed by atoms with E-state index in [0.717, 1.165) is 13.1 Å². The fourth-order valence-electron chi connectivity index (χ4n) is 4.61. The van der Waals surface area contributed by atoms with Gasteiger partial charge in [-0.2, -0.15) is 0 Å². The molecule has 0 aliphatic carbocycles. The van der Waals surface area contributed by atoms with Crippen LogP contribution in [0.15, 0.2) is 79.0 Å². The van der Waals surface area contributed by atoms with Crippen molar-refractivity contribution in [3.05, 3.63) is 107 Å². The molecule has 162 valence electrons. The number of carbonyl (C=O) groups excluding carboxylic acids is 1. The molecule has 1 aliphatic rings. The van der Waals surface area contributed by atoms with E-state index in [-0.39, 0.29) is 17.8 Å². The Hall–Kier alpha value is -3.51. The molecule has 0 bridgehead atoms. The average Bonchev–Trinajstić information content (AvgIpc) is 3.15. The van der Waals surface area contributed by atoms with Crippen LogP contribution >= 0.6 is 0 Å². The van der Waals surface area contributed by atoms with Gasteiger partial charge in [-0.25, -0.2) is 9.37 Å². The van der Waals surface area contributed by atoms with Crippen molar-refractivity contribution in [2.45, 2.75) is 13.0 Å². The summed E-state index contributed by atoms with van der Waals surface area (Å²) in [5, 5.41) is 0. The minimum Gasteiger partial charge on any atom is -0.335 e. The molecule has 4 aromatic rings. The second-order valence-corrected chi connectivity index (χ2v) is 8.17. The van der Waals surface area contributed by atoms with Crippen LogP contribution in [0.4, 0.5) is 4.39 Å². The Kier molecular flexibility index (Phi) is 5.45. The summed E-state index contributed by atoms with van der Waals surface area (Å²) in [5.41, 5.74) is 4.13. The smallest absolute Gasteiger partial charge is 0.272 e. The summed E-state index contributed by atoms with van der Waals surface area (Å²) in [6.45, 7) is 4.53. The molecule has 0 N–H and O–H groups in total. The predicted molar refractivity (Wildman–Crippen MR) is 122 cm³/mol. The first-order valence-corrected chi connectivity index (χ1v) is 10.9. The van der Waals surface area contributed by atoms with Gasteiger partial charge in [0.05, 0.1) is 11.7 Å². The van der Waals surface area contributed by atoms with E-state index in [1.54, 1.807) is 17.4 Å². The molecule has 1 aliphatic heterocycles. The Morgan fingerprint density at radius 1 is 0.875 bits per heavy atom. The first-order chi connectivity index (χ1) is 15.6. The first-order valence-electron chi connectivity index (χ1n) is 10.9. The monoisotopic (exact) mass is 428 g/mol. The highest BCUT2D eigenvalue weighted by Crippen LogP contribution is 2.29. The Morgan fingerprint density at radius 2 is 1.47 bits per heavy atom. The molecule has 0 atom stereocenters. The van der Waals surface area contributed by atoms with E-state index in [9.17, 15) is 9.18 Å². The highest BCUT2D eigenvalue weighted by molar-refractivity contribution is 5.94. The summed E-state index contributed by atoms with van der Waals surface area (Å²) in [4.78, 5) is 22.1. The number of carbonyl (C=O) groups is 1. The van der Waals surface area contributed by atoms with Gasteiger partial charge in [-0.15, -0.1) is 0 Å². The van der Waals surface area contributed by atoms with Crippen LogP contribution in [0, 0.1) is 12.7 Å². The lowest BCUT2D eigenvalue weighted by atomic mass is 9.96. The maximum Gasteiger partial charge on any atom is 0.272 e. The number of pyridine rings is 1. The Bertz CT molecular complexity index is 1190. The summed E-state index contributed by atoms with van der Waals surface area (Å²) >= 11 is 0. The molecule has 0 saturated carbocycles. The number of rotatable bonds is 4. The summed E-state index contributed by atoms with van der Waals surface area (Å²) in [6, 6.07) is 24.1. The summed E-state index contributed by atoms with van der Waals surface area (Å²) in [7, 11) is 0. The van der Waals surface area contributed by atoms with E-state index in [1.165, 1.54) is 23.4 Å². The molecular formula is C26H25FN4O. The maximum absolute atomic E-state index is 13.8. The Labute approximate surface area is 186 Å². The molecule has 2 aromatic heterocycles. The summed E-state index contributed by atoms with van der Waals surface area (Å²) in [6.07, 6.45) is 1.33. The highest BCUT2D eigenvalue weighted by atomic mass is 19.1. The van der Waals surface area contributed by atoms with Crippen LogP contribution in [-0.4, -0.2) is 51.3 Å². The van der Waals surface area contributed by atoms with Gasteiger partial charge in [0.2, 0.25) is 0 Å². The van der Waals surface area contributed by atoms with Crippen LogP contribution in [0.25, 0.3) is 5.65 Å². The van der Waals surface area contributed by atoms with Crippen LogP contribution in [0.5, 0.6) is 0 Å². The van der Waals surface area contributed by atoms with Crippen LogP contribution in [0.3, 0.4) is 0 Å². The SMILES string of the molecule is Cc1nc2ccc(F)cn2c1C(=O)N1CCN(C(c2ccccc2)c2ccccc2)CC1. The van der Waals surface area contributed by atoms with Crippen molar-refractivity contribution in [2.24, 2.45) is 0 Å². The standard InChI is InChI=1S/C26H25FN4O/c1-19-24(31-18-22(27)12-13-23(31)28-19)26(32)30-16-14-29(15-17-30)25(20-8-4-2-5-9-20)21-10-6-3-7-11-21/h2-13,18,25H,14-17H2,1H3. The molecule has 0 radical (unpaired) electrons. The number of amides is 1. The van der Waals surface area contributed by atoms with Crippen LogP contribution in [0.1, 0.15) is 33.4 Å². The van der Waals surface area contributed by atoms with Gasteiger partial charge in [0.25, 0.3) is 5.91 Å². The number of halogens is 1. The van der Waals surface area contributed by atoms with Gasteiger partial charge in [0.1, 0.15) is 17.2 Å². The van der Waals surface area contributed by atoms with Crippen molar-refractivity contribution in [2.75, 3.05) is 26.2 Å². The molecule has 5 rings (SSSR count). The molecule has 0 spiro atoms. The van der Waals surface area contributed by atoms with Gasteiger partial charge >= 0.3 is 0 Å². The largest absolute Gasteiger partial charge is 0.335 e. The van der Waals surface area contributed by atoms with E-state index in [0.29, 0.717) is 30.1 Å². The zero-order chi connectivity index (χ0) is 22.1. The summed E-state index contributed by atoms with van der Waals surface area (Å²) < 4.78 is 15.4. The fraction of sp³-hybridized carbons (Fsp3) is 0.231. The maximum atomic E-state index is 13.8. The molecule has 1 amide bonds. The molecule has 0 unspecified atom stereocenters. The van der Waals surface area contributed by atoms with Gasteiger partial charge in [-0.1, -0.05) is 60.7 Å². The number of imidazole rings is 1. The second-order valence-electron chi connectivity index (χ2n) is 8.17. The lowest BCUT2D eigenvalue weighted by Crippen LogP contribution is -2.50. The van der Waals surface area contributed by atoms with Crippen molar-refractivity contribution in [1.29, 1.82) is 0 Å². The fourth-order valence-corrected chi connectivity index (χ4v) is 4.61. The molecule has 1 saturated heterocycles. The van der Waals surface area contributed by atoms with E-state index in [2.05, 4.69) is 58.4 Å². The first kappa shape index (κ1) is 20.4. The molecule has 1 fully saturated rings. The number of benzene rings is 2. The zero-order valence-electron chi connectivity index (χ0n) is 18.0. The molecule has 6 heteroatoms. The molecule has 5 nitrogen and oxygen atoms in total. The normalized spacial score (nSPS) is 14.9. The number of aryl methyl sites for hydroxylation is 1. The van der Waals surface area contributed by atoms with Crippen molar-refractivity contribution < 1.29 is 9.18 Å². The van der Waals surface area contributed by atoms with Gasteiger partial charge in [-0.3, -0.25) is 14.1 Å². The third-order valence-corrected chi connectivity index (χ3v) is 6.16. The quantitative estimate of drug-likeness (QED) is 0.486. The van der Waals surface area contributed by atoms with Crippen molar-refractivity contribution in [3.8, 4) is 0 Å². The van der Waals surface area contributed by atoms with Crippen molar-refractivity contribution in [1.82, 2.24) is 19.2 Å². The number of hydrogen-bond acceptors (Lipinski definition) is 3. The van der Waals surface area contributed by atoms with Crippen LogP contribution in [0.2, 0.25) is 0 Å². The van der Waals surface area contributed by atoms with E-state index >= 15 is 0 Å². The minimum atomic E-state index is -0.387. The number of aromatic nitrogens is 2. The third-order valence-electron chi connectivity index (χ3n) is 6.16. The molecule has 3 heterocycles. The van der Waals surface area contributed by atoms with Gasteiger partial charge in [0.15, 0.2) is 0 Å².